The van der Waals surface area contributed by atoms with Gasteiger partial charge in [-0.2, -0.15) is 0 Å². The maximum Gasteiger partial charge on any atom is 0.243 e. The smallest absolute Gasteiger partial charge is 0.243 e. The number of nitrogen functional groups attached to an aromatic ring is 1. The van der Waals surface area contributed by atoms with Crippen LogP contribution in [0.5, 0.6) is 0 Å². The van der Waals surface area contributed by atoms with E-state index in [0.717, 1.165) is 11.1 Å². The molecule has 1 aromatic rings. The van der Waals surface area contributed by atoms with Gasteiger partial charge in [0, 0.05) is 5.54 Å². The molecule has 0 aliphatic carbocycles. The van der Waals surface area contributed by atoms with E-state index in [2.05, 4.69) is 4.72 Å². The molecule has 0 atom stereocenters. The van der Waals surface area contributed by atoms with Crippen LogP contribution in [0.3, 0.4) is 0 Å². The van der Waals surface area contributed by atoms with Crippen LogP contribution in [-0.4, -0.2) is 14.0 Å². The van der Waals surface area contributed by atoms with Gasteiger partial charge in [0.25, 0.3) is 0 Å². The van der Waals surface area contributed by atoms with Gasteiger partial charge in [-0.15, -0.1) is 0 Å². The largest absolute Gasteiger partial charge is 0.398 e. The average Bonchev–Trinajstić information content (AvgIpc) is 2.06. The maximum absolute atomic E-state index is 12.1. The molecule has 0 amide bonds. The van der Waals surface area contributed by atoms with Crippen molar-refractivity contribution in [2.24, 2.45) is 0 Å². The summed E-state index contributed by atoms with van der Waals surface area (Å²) in [5, 5.41) is 0. The second-order valence-electron chi connectivity index (χ2n) is 5.33. The van der Waals surface area contributed by atoms with Gasteiger partial charge in [-0.1, -0.05) is 0 Å². The minimum Gasteiger partial charge on any atom is -0.398 e. The van der Waals surface area contributed by atoms with Crippen molar-refractivity contribution >= 4 is 15.7 Å². The number of anilines is 1. The zero-order chi connectivity index (χ0) is 13.4. The van der Waals surface area contributed by atoms with Crippen LogP contribution in [0.15, 0.2) is 17.0 Å². The minimum atomic E-state index is -3.56. The Balaban J connectivity index is 3.30. The van der Waals surface area contributed by atoms with Gasteiger partial charge in [-0.3, -0.25) is 0 Å². The van der Waals surface area contributed by atoms with E-state index in [4.69, 9.17) is 5.73 Å². The van der Waals surface area contributed by atoms with Crippen LogP contribution >= 0.6 is 0 Å². The molecule has 5 heteroatoms. The summed E-state index contributed by atoms with van der Waals surface area (Å²) in [7, 11) is -3.56. The Morgan fingerprint density at radius 2 is 1.59 bits per heavy atom. The molecule has 0 saturated carbocycles. The fraction of sp³-hybridized carbons (Fsp3) is 0.500. The van der Waals surface area contributed by atoms with Gasteiger partial charge in [0.2, 0.25) is 10.0 Å². The molecule has 3 N–H and O–H groups in total. The summed E-state index contributed by atoms with van der Waals surface area (Å²) in [5.41, 5.74) is 7.43. The monoisotopic (exact) mass is 256 g/mol. The Bertz CT molecular complexity index is 528. The van der Waals surface area contributed by atoms with Crippen molar-refractivity contribution in [2.75, 3.05) is 5.73 Å². The summed E-state index contributed by atoms with van der Waals surface area (Å²) < 4.78 is 26.9. The predicted molar refractivity (Wildman–Crippen MR) is 70.4 cm³/mol. The van der Waals surface area contributed by atoms with Crippen molar-refractivity contribution < 1.29 is 8.42 Å². The number of aryl methyl sites for hydroxylation is 2. The first-order chi connectivity index (χ1) is 7.53. The second-order valence-corrected chi connectivity index (χ2v) is 6.98. The number of nitrogens with one attached hydrogen (secondary N) is 1. The highest BCUT2D eigenvalue weighted by atomic mass is 32.2. The summed E-state index contributed by atoms with van der Waals surface area (Å²) in [4.78, 5) is 0.149. The molecule has 0 aliphatic rings. The number of rotatable bonds is 2. The van der Waals surface area contributed by atoms with Crippen molar-refractivity contribution in [2.45, 2.75) is 45.1 Å². The third-order valence-electron chi connectivity index (χ3n) is 2.36. The highest BCUT2D eigenvalue weighted by molar-refractivity contribution is 7.89. The summed E-state index contributed by atoms with van der Waals surface area (Å²) in [6.07, 6.45) is 0. The molecule has 0 saturated heterocycles. The Morgan fingerprint density at radius 1 is 1.12 bits per heavy atom. The number of hydrogen-bond donors (Lipinski definition) is 2. The van der Waals surface area contributed by atoms with Gasteiger partial charge in [-0.25, -0.2) is 13.1 Å². The fourth-order valence-electron chi connectivity index (χ4n) is 1.50. The first kappa shape index (κ1) is 14.0. The van der Waals surface area contributed by atoms with E-state index < -0.39 is 15.6 Å². The molecule has 0 radical (unpaired) electrons. The molecular formula is C12H20N2O2S. The number of hydrogen-bond acceptors (Lipinski definition) is 3. The molecule has 17 heavy (non-hydrogen) atoms. The molecule has 4 nitrogen and oxygen atoms in total. The number of sulfonamides is 1. The molecule has 96 valence electrons. The van der Waals surface area contributed by atoms with Crippen molar-refractivity contribution in [3.8, 4) is 0 Å². The van der Waals surface area contributed by atoms with Crippen molar-refractivity contribution in [1.82, 2.24) is 4.72 Å². The summed E-state index contributed by atoms with van der Waals surface area (Å²) in [6.45, 7) is 9.15. The fourth-order valence-corrected chi connectivity index (χ4v) is 3.12. The lowest BCUT2D eigenvalue weighted by molar-refractivity contribution is 0.491. The average molecular weight is 256 g/mol. The molecule has 1 aromatic carbocycles. The lowest BCUT2D eigenvalue weighted by atomic mass is 10.1. The molecular weight excluding hydrogens is 236 g/mol. The zero-order valence-corrected chi connectivity index (χ0v) is 11.8. The molecule has 1 rings (SSSR count). The van der Waals surface area contributed by atoms with E-state index in [-0.39, 0.29) is 10.6 Å². The van der Waals surface area contributed by atoms with Crippen LogP contribution < -0.4 is 10.5 Å². The summed E-state index contributed by atoms with van der Waals surface area (Å²) in [5.74, 6) is 0. The minimum absolute atomic E-state index is 0.149. The van der Waals surface area contributed by atoms with Crippen LogP contribution in [0, 0.1) is 13.8 Å². The Kier molecular flexibility index (Phi) is 3.55. The van der Waals surface area contributed by atoms with Gasteiger partial charge in [0.05, 0.1) is 5.69 Å². The summed E-state index contributed by atoms with van der Waals surface area (Å²) >= 11 is 0. The van der Waals surface area contributed by atoms with Crippen molar-refractivity contribution in [3.05, 3.63) is 23.3 Å². The SMILES string of the molecule is Cc1cc(N)c(S(=O)(=O)NC(C)(C)C)cc1C. The Hall–Kier alpha value is -1.07. The van der Waals surface area contributed by atoms with E-state index in [1.165, 1.54) is 0 Å². The molecule has 0 heterocycles. The highest BCUT2D eigenvalue weighted by Crippen LogP contribution is 2.23. The van der Waals surface area contributed by atoms with Crippen LogP contribution in [0.2, 0.25) is 0 Å². The molecule has 0 spiro atoms. The van der Waals surface area contributed by atoms with Gasteiger partial charge in [0.1, 0.15) is 4.90 Å². The molecule has 0 aliphatic heterocycles. The Morgan fingerprint density at radius 3 is 2.06 bits per heavy atom. The van der Waals surface area contributed by atoms with Gasteiger partial charge < -0.3 is 5.73 Å². The van der Waals surface area contributed by atoms with Crippen LogP contribution in [0.1, 0.15) is 31.9 Å². The first-order valence-electron chi connectivity index (χ1n) is 5.43. The quantitative estimate of drug-likeness (QED) is 0.795. The van der Waals surface area contributed by atoms with Gasteiger partial charge >= 0.3 is 0 Å². The lowest BCUT2D eigenvalue weighted by Gasteiger charge is -2.21. The lowest BCUT2D eigenvalue weighted by Crippen LogP contribution is -2.40. The standard InChI is InChI=1S/C12H20N2O2S/c1-8-6-10(13)11(7-9(8)2)17(15,16)14-12(3,4)5/h6-7,14H,13H2,1-5H3. The third kappa shape index (κ3) is 3.44. The number of nitrogens with two attached hydrogens (primary N) is 1. The highest BCUT2D eigenvalue weighted by Gasteiger charge is 2.24. The molecule has 0 unspecified atom stereocenters. The molecule has 0 bridgehead atoms. The predicted octanol–water partition coefficient (Wildman–Crippen LogP) is 1.96. The molecule has 0 fully saturated rings. The zero-order valence-electron chi connectivity index (χ0n) is 11.0. The molecule has 0 aromatic heterocycles. The van der Waals surface area contributed by atoms with E-state index >= 15 is 0 Å². The van der Waals surface area contributed by atoms with E-state index in [1.807, 2.05) is 13.8 Å². The van der Waals surface area contributed by atoms with Gasteiger partial charge in [-0.05, 0) is 57.9 Å². The van der Waals surface area contributed by atoms with E-state index in [0.29, 0.717) is 0 Å². The van der Waals surface area contributed by atoms with Crippen LogP contribution in [0.25, 0.3) is 0 Å². The van der Waals surface area contributed by atoms with E-state index in [9.17, 15) is 8.42 Å². The Labute approximate surface area is 103 Å². The van der Waals surface area contributed by atoms with Crippen LogP contribution in [-0.2, 0) is 10.0 Å². The first-order valence-corrected chi connectivity index (χ1v) is 6.92. The van der Waals surface area contributed by atoms with Crippen molar-refractivity contribution in [1.29, 1.82) is 0 Å². The van der Waals surface area contributed by atoms with Crippen molar-refractivity contribution in [3.63, 3.8) is 0 Å². The third-order valence-corrected chi connectivity index (χ3v) is 4.17. The van der Waals surface area contributed by atoms with Gasteiger partial charge in [0.15, 0.2) is 0 Å². The maximum atomic E-state index is 12.1. The topological polar surface area (TPSA) is 72.2 Å². The number of benzene rings is 1. The van der Waals surface area contributed by atoms with E-state index in [1.54, 1.807) is 32.9 Å². The van der Waals surface area contributed by atoms with Crippen LogP contribution in [0.4, 0.5) is 5.69 Å². The second kappa shape index (κ2) is 4.31. The normalized spacial score (nSPS) is 12.8. The summed E-state index contributed by atoms with van der Waals surface area (Å²) in [6, 6.07) is 3.30.